The van der Waals surface area contributed by atoms with E-state index in [1.807, 2.05) is 142 Å². The number of anilines is 6. The van der Waals surface area contributed by atoms with E-state index < -0.39 is 41.8 Å². The zero-order chi connectivity index (χ0) is 85.8. The van der Waals surface area contributed by atoms with E-state index in [9.17, 15) is 43.2 Å². The first-order valence-corrected chi connectivity index (χ1v) is 40.2. The predicted octanol–water partition coefficient (Wildman–Crippen LogP) is 11.8. The number of carbonyl (C=O) groups is 9. The quantitative estimate of drug-likeness (QED) is 0.0285. The summed E-state index contributed by atoms with van der Waals surface area (Å²) in [4.78, 5) is 124. The third kappa shape index (κ3) is 25.7. The van der Waals surface area contributed by atoms with Gasteiger partial charge in [-0.1, -0.05) is 126 Å². The van der Waals surface area contributed by atoms with Crippen LogP contribution in [0.25, 0.3) is 0 Å². The van der Waals surface area contributed by atoms with Crippen LogP contribution >= 0.6 is 0 Å². The number of benzene rings is 6. The molecule has 0 saturated carbocycles. The molecule has 634 valence electrons. The lowest BCUT2D eigenvalue weighted by molar-refractivity contribution is -0.145. The molecule has 31 heteroatoms. The van der Waals surface area contributed by atoms with E-state index in [0.29, 0.717) is 50.4 Å². The van der Waals surface area contributed by atoms with Gasteiger partial charge in [0.2, 0.25) is 23.6 Å². The van der Waals surface area contributed by atoms with Gasteiger partial charge in [-0.05, 0) is 132 Å². The van der Waals surface area contributed by atoms with Gasteiger partial charge in [0, 0.05) is 156 Å². The number of methoxy groups -OCH3 is 2. The van der Waals surface area contributed by atoms with Crippen LogP contribution in [-0.2, 0) is 52.6 Å². The first-order valence-electron chi connectivity index (χ1n) is 40.2. The number of ether oxygens (including phenoxy) is 3. The monoisotopic (exact) mass is 1640 g/mol. The second kappa shape index (κ2) is 43.4. The molecule has 8 fully saturated rings. The topological polar surface area (TPSA) is 390 Å². The highest BCUT2D eigenvalue weighted by atomic mass is 16.6. The number of likely N-dealkylation sites (tertiary alicyclic amines) is 2. The van der Waals surface area contributed by atoms with Gasteiger partial charge in [0.15, 0.2) is 17.8 Å². The zero-order valence-electron chi connectivity index (χ0n) is 68.2. The molecule has 0 aliphatic carbocycles. The molecule has 8 aromatic rings. The SMILES string of the molecule is C=C(CC(=O)O)C(=O)O.CC(C)(C)OC(=O)N1CCC(c2noc(C3CCN(c4ccccc4)C3)n2)C1.COC(=O)C1CC(=O)N(c2ccccc2)C1.COC(=O)C1CCN(c2ccccc2)C1.N#CN1CCC(c2noc(C3CCN(c4ccccc4)C3)n2)C1.O=C(O)C1CC(=O)N(c2ccccc2)C1.O=C(O)C1CCN(c2ccccc2)C1. The number of hydrogen-bond donors (Lipinski definition) is 4. The van der Waals surface area contributed by atoms with Crippen molar-refractivity contribution >= 4 is 87.8 Å². The highest BCUT2D eigenvalue weighted by molar-refractivity contribution is 6.00. The summed E-state index contributed by atoms with van der Waals surface area (Å²) in [5.41, 5.74) is 5.60. The van der Waals surface area contributed by atoms with Gasteiger partial charge in [-0.2, -0.15) is 15.2 Å². The number of para-hydroxylation sites is 6. The minimum absolute atomic E-state index is 0.0263. The number of aromatic nitrogens is 4. The van der Waals surface area contributed by atoms with Gasteiger partial charge in [0.05, 0.1) is 56.1 Å². The summed E-state index contributed by atoms with van der Waals surface area (Å²) < 4.78 is 26.0. The van der Waals surface area contributed by atoms with Crippen LogP contribution < -0.4 is 29.4 Å². The van der Waals surface area contributed by atoms with E-state index in [1.54, 1.807) is 14.7 Å². The Morgan fingerprint density at radius 1 is 0.450 bits per heavy atom. The van der Waals surface area contributed by atoms with Crippen LogP contribution in [0.3, 0.4) is 0 Å². The maximum atomic E-state index is 12.3. The number of nitrogens with zero attached hydrogens (tertiary/aromatic N) is 13. The second-order valence-corrected chi connectivity index (χ2v) is 31.2. The molecule has 6 aromatic carbocycles. The van der Waals surface area contributed by atoms with Crippen molar-refractivity contribution in [3.8, 4) is 6.19 Å². The van der Waals surface area contributed by atoms with Gasteiger partial charge in [-0.25, -0.2) is 9.59 Å². The molecule has 0 radical (unpaired) electrons. The van der Waals surface area contributed by atoms with Gasteiger partial charge in [0.1, 0.15) is 5.60 Å². The fourth-order valence-corrected chi connectivity index (χ4v) is 15.1. The number of aliphatic carboxylic acids is 4. The highest BCUT2D eigenvalue weighted by Gasteiger charge is 2.40. The maximum absolute atomic E-state index is 12.3. The molecule has 31 nitrogen and oxygen atoms in total. The highest BCUT2D eigenvalue weighted by Crippen LogP contribution is 2.36. The summed E-state index contributed by atoms with van der Waals surface area (Å²) in [6, 6.07) is 59.4. The Kier molecular flexibility index (Phi) is 32.2. The lowest BCUT2D eigenvalue weighted by atomic mass is 10.1. The second-order valence-electron chi connectivity index (χ2n) is 31.2. The zero-order valence-corrected chi connectivity index (χ0v) is 68.2. The summed E-state index contributed by atoms with van der Waals surface area (Å²) >= 11 is 0. The van der Waals surface area contributed by atoms with Crippen molar-refractivity contribution < 1.29 is 86.8 Å². The van der Waals surface area contributed by atoms with E-state index in [2.05, 4.69) is 118 Å². The predicted molar refractivity (Wildman–Crippen MR) is 446 cm³/mol. The lowest BCUT2D eigenvalue weighted by Crippen LogP contribution is -2.35. The van der Waals surface area contributed by atoms with E-state index in [-0.39, 0.29) is 90.3 Å². The molecule has 0 spiro atoms. The smallest absolute Gasteiger partial charge is 0.410 e. The Morgan fingerprint density at radius 3 is 1.18 bits per heavy atom. The molecule has 8 unspecified atom stereocenters. The van der Waals surface area contributed by atoms with Crippen LogP contribution in [0.2, 0.25) is 0 Å². The Morgan fingerprint density at radius 2 is 0.808 bits per heavy atom. The molecule has 8 saturated heterocycles. The minimum Gasteiger partial charge on any atom is -0.481 e. The van der Waals surface area contributed by atoms with E-state index >= 15 is 0 Å². The Hall–Kier alpha value is -13.1. The number of carboxylic acids is 4. The van der Waals surface area contributed by atoms with Crippen LogP contribution in [0.5, 0.6) is 0 Å². The first kappa shape index (κ1) is 89.2. The van der Waals surface area contributed by atoms with Gasteiger partial charge < -0.3 is 82.9 Å². The van der Waals surface area contributed by atoms with Crippen molar-refractivity contribution in [1.82, 2.24) is 30.1 Å². The largest absolute Gasteiger partial charge is 0.481 e. The molecule has 4 N–H and O–H groups in total. The molecule has 10 heterocycles. The van der Waals surface area contributed by atoms with Gasteiger partial charge >= 0.3 is 41.9 Å². The van der Waals surface area contributed by atoms with Crippen molar-refractivity contribution in [1.29, 1.82) is 5.26 Å². The molecular weight excluding hydrogens is 1540 g/mol. The molecule has 8 atom stereocenters. The van der Waals surface area contributed by atoms with E-state index in [0.717, 1.165) is 120 Å². The Bertz CT molecular complexity index is 4750. The van der Waals surface area contributed by atoms with Crippen LogP contribution in [0.4, 0.5) is 38.9 Å². The van der Waals surface area contributed by atoms with Crippen LogP contribution in [0.1, 0.15) is 126 Å². The molecule has 8 aliphatic heterocycles. The van der Waals surface area contributed by atoms with Crippen LogP contribution in [0, 0.1) is 35.1 Å². The summed E-state index contributed by atoms with van der Waals surface area (Å²) in [6.45, 7) is 19.1. The summed E-state index contributed by atoms with van der Waals surface area (Å²) in [7, 11) is 2.80. The molecule has 120 heavy (non-hydrogen) atoms. The standard InChI is InChI=1S/C21H28N4O3.C17H19N5O.C12H13NO3.C12H15NO2.C11H11NO3.C11H13NO2.C5H6O4/c1-21(2,3)27-20(26)25-12-9-15(13-25)18-22-19(28-23-18)16-10-11-24(14-16)17-7-5-4-6-8-17;18-12-21-8-6-13(10-21)16-19-17(23-20-16)14-7-9-22(11-14)15-4-2-1-3-5-15;1-16-12(15)9-7-11(14)13(8-9)10-5-3-2-4-6-10;1-15-12(14)10-7-8-13(9-10)11-5-3-2-4-6-11;13-10-6-8(11(14)15)7-12(10)9-4-2-1-3-5-9;13-11(14)9-6-7-12(8-9)10-4-2-1-3-5-10;1-3(5(8)9)2-4(6)7/h4-8,15-16H,9-14H2,1-3H3;1-5,13-14H,6-11H2;2-6,9H,7-8H2,1H3;2-6,10H,7-9H2,1H3;1-5,8H,6-7H2,(H,14,15);1-5,9H,6-8H2,(H,13,14);1-2H2,(H,6,7)(H,8,9). The third-order valence-electron chi connectivity index (χ3n) is 21.6. The summed E-state index contributed by atoms with van der Waals surface area (Å²) in [5, 5.41) is 51.1. The minimum atomic E-state index is -1.27. The number of hydrogen-bond acceptors (Lipinski definition) is 24. The third-order valence-corrected chi connectivity index (χ3v) is 21.6. The molecular formula is C89H105N13O18. The Balaban J connectivity index is 0.000000151. The average Bonchev–Trinajstić information content (AvgIpc) is 1.66. The average molecular weight is 1640 g/mol. The Labute approximate surface area is 697 Å². The molecule has 2 aromatic heterocycles. The van der Waals surface area contributed by atoms with E-state index in [1.165, 1.54) is 36.2 Å². The number of rotatable bonds is 17. The number of esters is 2. The van der Waals surface area contributed by atoms with Gasteiger partial charge in [-0.15, -0.1) is 0 Å². The van der Waals surface area contributed by atoms with Gasteiger partial charge in [-0.3, -0.25) is 33.6 Å². The molecule has 8 aliphatic rings. The number of carboxylic acid groups (broad SMARTS) is 4. The van der Waals surface area contributed by atoms with Crippen molar-refractivity contribution in [3.05, 3.63) is 218 Å². The molecule has 16 rings (SSSR count). The summed E-state index contributed by atoms with van der Waals surface area (Å²) in [6.07, 6.45) is 7.19. The summed E-state index contributed by atoms with van der Waals surface area (Å²) in [5.74, 6) is -1.83. The number of nitriles is 1. The molecule has 3 amide bonds. The van der Waals surface area contributed by atoms with Crippen molar-refractivity contribution in [2.45, 2.75) is 108 Å². The van der Waals surface area contributed by atoms with Crippen molar-refractivity contribution in [2.24, 2.45) is 23.7 Å². The van der Waals surface area contributed by atoms with E-state index in [4.69, 9.17) is 44.2 Å². The van der Waals surface area contributed by atoms with Crippen LogP contribution in [0.15, 0.2) is 203 Å². The number of amides is 3. The van der Waals surface area contributed by atoms with Crippen LogP contribution in [-0.4, -0.2) is 216 Å². The van der Waals surface area contributed by atoms with Crippen molar-refractivity contribution in [3.63, 3.8) is 0 Å². The lowest BCUT2D eigenvalue weighted by Gasteiger charge is -2.24. The van der Waals surface area contributed by atoms with Crippen molar-refractivity contribution in [2.75, 3.05) is 135 Å². The fourth-order valence-electron chi connectivity index (χ4n) is 15.1. The fraction of sp³-hybridized carbons (Fsp3) is 0.416. The molecule has 0 bridgehead atoms. The number of carbonyl (C=O) groups excluding carboxylic acids is 5. The maximum Gasteiger partial charge on any atom is 0.410 e. The van der Waals surface area contributed by atoms with Gasteiger partial charge in [0.25, 0.3) is 0 Å². The normalized spacial score (nSPS) is 20.8. The first-order chi connectivity index (χ1) is 57.7.